The zero-order valence-corrected chi connectivity index (χ0v) is 11.3. The summed E-state index contributed by atoms with van der Waals surface area (Å²) in [6, 6.07) is 9.72. The number of anilines is 1. The smallest absolute Gasteiger partial charge is 0.405 e. The molecule has 0 fully saturated rings. The van der Waals surface area contributed by atoms with Gasteiger partial charge in [0.1, 0.15) is 11.6 Å². The molecule has 0 aromatic heterocycles. The van der Waals surface area contributed by atoms with Crippen LogP contribution in [0.3, 0.4) is 0 Å². The van der Waals surface area contributed by atoms with Gasteiger partial charge in [0.25, 0.3) is 0 Å². The highest BCUT2D eigenvalue weighted by atomic mass is 35.5. The van der Waals surface area contributed by atoms with Crippen molar-refractivity contribution in [2.24, 2.45) is 0 Å². The second kappa shape index (κ2) is 6.22. The van der Waals surface area contributed by atoms with Gasteiger partial charge >= 0.3 is 6.36 Å². The van der Waals surface area contributed by atoms with Crippen LogP contribution in [0.5, 0.6) is 5.75 Å². The standard InChI is InChI=1S/C14H10ClF4NO/c15-10-5-3-6-11(16)13(10)20-8-9-4-1-2-7-12(9)21-14(17,18)19/h1-7,20H,8H2. The molecule has 0 aliphatic heterocycles. The lowest BCUT2D eigenvalue weighted by Gasteiger charge is -2.14. The molecule has 0 atom stereocenters. The summed E-state index contributed by atoms with van der Waals surface area (Å²) < 4.78 is 54.3. The van der Waals surface area contributed by atoms with Crippen molar-refractivity contribution >= 4 is 17.3 Å². The summed E-state index contributed by atoms with van der Waals surface area (Å²) in [5.41, 5.74) is 0.259. The molecule has 0 unspecified atom stereocenters. The number of alkyl halides is 3. The van der Waals surface area contributed by atoms with E-state index in [1.165, 1.54) is 36.4 Å². The number of hydrogen-bond donors (Lipinski definition) is 1. The van der Waals surface area contributed by atoms with E-state index in [4.69, 9.17) is 11.6 Å². The van der Waals surface area contributed by atoms with Crippen LogP contribution in [0.15, 0.2) is 42.5 Å². The van der Waals surface area contributed by atoms with E-state index < -0.39 is 12.2 Å². The van der Waals surface area contributed by atoms with Crippen LogP contribution in [-0.2, 0) is 6.54 Å². The Balaban J connectivity index is 2.17. The molecule has 0 aliphatic carbocycles. The third-order valence-corrected chi connectivity index (χ3v) is 2.93. The molecular formula is C14H10ClF4NO. The van der Waals surface area contributed by atoms with Crippen molar-refractivity contribution in [3.63, 3.8) is 0 Å². The van der Waals surface area contributed by atoms with Crippen molar-refractivity contribution in [3.05, 3.63) is 58.9 Å². The maximum Gasteiger partial charge on any atom is 0.573 e. The minimum Gasteiger partial charge on any atom is -0.405 e. The van der Waals surface area contributed by atoms with Gasteiger partial charge in [-0.15, -0.1) is 13.2 Å². The van der Waals surface area contributed by atoms with Gasteiger partial charge < -0.3 is 10.1 Å². The van der Waals surface area contributed by atoms with Crippen LogP contribution in [0.2, 0.25) is 5.02 Å². The summed E-state index contributed by atoms with van der Waals surface area (Å²) in [5.74, 6) is -0.929. The van der Waals surface area contributed by atoms with Gasteiger partial charge in [0.15, 0.2) is 0 Å². The zero-order chi connectivity index (χ0) is 15.5. The number of halogens is 5. The van der Waals surface area contributed by atoms with E-state index in [0.29, 0.717) is 0 Å². The van der Waals surface area contributed by atoms with Gasteiger partial charge in [0.05, 0.1) is 10.7 Å². The highest BCUT2D eigenvalue weighted by molar-refractivity contribution is 6.33. The lowest BCUT2D eigenvalue weighted by atomic mass is 10.2. The fourth-order valence-corrected chi connectivity index (χ4v) is 1.95. The molecule has 7 heteroatoms. The molecule has 2 aromatic carbocycles. The molecule has 2 aromatic rings. The van der Waals surface area contributed by atoms with Crippen LogP contribution in [0.4, 0.5) is 23.2 Å². The predicted molar refractivity (Wildman–Crippen MR) is 71.9 cm³/mol. The van der Waals surface area contributed by atoms with Crippen molar-refractivity contribution in [2.75, 3.05) is 5.32 Å². The number of hydrogen-bond acceptors (Lipinski definition) is 2. The Morgan fingerprint density at radius 2 is 1.76 bits per heavy atom. The maximum atomic E-state index is 13.6. The molecule has 0 heterocycles. The Kier molecular flexibility index (Phi) is 4.57. The molecule has 0 saturated heterocycles. The van der Waals surface area contributed by atoms with Crippen molar-refractivity contribution in [2.45, 2.75) is 12.9 Å². The first-order valence-corrected chi connectivity index (χ1v) is 6.26. The van der Waals surface area contributed by atoms with E-state index >= 15 is 0 Å². The van der Waals surface area contributed by atoms with Crippen LogP contribution in [0, 0.1) is 5.82 Å². The van der Waals surface area contributed by atoms with E-state index in [0.717, 1.165) is 0 Å². The van der Waals surface area contributed by atoms with Gasteiger partial charge in [-0.25, -0.2) is 4.39 Å². The molecular weight excluding hydrogens is 310 g/mol. The number of rotatable bonds is 4. The van der Waals surface area contributed by atoms with Gasteiger partial charge in [-0.3, -0.25) is 0 Å². The van der Waals surface area contributed by atoms with E-state index in [2.05, 4.69) is 10.1 Å². The van der Waals surface area contributed by atoms with Crippen molar-refractivity contribution in [3.8, 4) is 5.75 Å². The van der Waals surface area contributed by atoms with Crippen LogP contribution in [0.25, 0.3) is 0 Å². The first kappa shape index (κ1) is 15.4. The Bertz CT molecular complexity index is 610. The van der Waals surface area contributed by atoms with Crippen molar-refractivity contribution in [1.29, 1.82) is 0 Å². The molecule has 2 rings (SSSR count). The minimum atomic E-state index is -4.79. The third-order valence-electron chi connectivity index (χ3n) is 2.62. The largest absolute Gasteiger partial charge is 0.573 e. The lowest BCUT2D eigenvalue weighted by Crippen LogP contribution is -2.18. The fourth-order valence-electron chi connectivity index (χ4n) is 1.72. The lowest BCUT2D eigenvalue weighted by molar-refractivity contribution is -0.274. The van der Waals surface area contributed by atoms with Gasteiger partial charge in [-0.05, 0) is 18.2 Å². The molecule has 0 aliphatic rings. The molecule has 21 heavy (non-hydrogen) atoms. The minimum absolute atomic E-state index is 0.0287. The topological polar surface area (TPSA) is 21.3 Å². The normalized spacial score (nSPS) is 11.3. The molecule has 0 radical (unpaired) electrons. The summed E-state index contributed by atoms with van der Waals surface area (Å²) in [7, 11) is 0. The van der Waals surface area contributed by atoms with E-state index in [9.17, 15) is 17.6 Å². The van der Waals surface area contributed by atoms with Gasteiger partial charge in [-0.2, -0.15) is 0 Å². The molecule has 0 bridgehead atoms. The van der Waals surface area contributed by atoms with Crippen molar-refractivity contribution in [1.82, 2.24) is 0 Å². The SMILES string of the molecule is Fc1cccc(Cl)c1NCc1ccccc1OC(F)(F)F. The van der Waals surface area contributed by atoms with E-state index in [-0.39, 0.29) is 28.6 Å². The first-order valence-electron chi connectivity index (χ1n) is 5.88. The van der Waals surface area contributed by atoms with Crippen LogP contribution in [-0.4, -0.2) is 6.36 Å². The second-order valence-corrected chi connectivity index (χ2v) is 4.51. The second-order valence-electron chi connectivity index (χ2n) is 4.11. The molecule has 112 valence electrons. The van der Waals surface area contributed by atoms with Gasteiger partial charge in [0.2, 0.25) is 0 Å². The first-order chi connectivity index (χ1) is 9.87. The van der Waals surface area contributed by atoms with Crippen molar-refractivity contribution < 1.29 is 22.3 Å². The number of para-hydroxylation sites is 2. The van der Waals surface area contributed by atoms with Crippen LogP contribution < -0.4 is 10.1 Å². The molecule has 0 saturated carbocycles. The van der Waals surface area contributed by atoms with E-state index in [1.807, 2.05) is 0 Å². The summed E-state index contributed by atoms with van der Waals surface area (Å²) in [6.45, 7) is -0.0626. The predicted octanol–water partition coefficient (Wildman–Crippen LogP) is 4.99. The molecule has 2 nitrogen and oxygen atoms in total. The highest BCUT2D eigenvalue weighted by Gasteiger charge is 2.31. The quantitative estimate of drug-likeness (QED) is 0.802. The Morgan fingerprint density at radius 1 is 1.05 bits per heavy atom. The average molecular weight is 320 g/mol. The molecule has 1 N–H and O–H groups in total. The van der Waals surface area contributed by atoms with E-state index in [1.54, 1.807) is 6.07 Å². The monoisotopic (exact) mass is 319 g/mol. The van der Waals surface area contributed by atoms with Gasteiger partial charge in [0, 0.05) is 12.1 Å². The molecule has 0 spiro atoms. The fraction of sp³-hybridized carbons (Fsp3) is 0.143. The summed E-state index contributed by atoms with van der Waals surface area (Å²) in [6.07, 6.45) is -4.79. The number of nitrogens with one attached hydrogen (secondary N) is 1. The maximum absolute atomic E-state index is 13.6. The third kappa shape index (κ3) is 4.26. The highest BCUT2D eigenvalue weighted by Crippen LogP contribution is 2.29. The zero-order valence-electron chi connectivity index (χ0n) is 10.5. The van der Waals surface area contributed by atoms with Crippen LogP contribution >= 0.6 is 11.6 Å². The average Bonchev–Trinajstić information content (AvgIpc) is 2.38. The molecule has 0 amide bonds. The Hall–Kier alpha value is -1.95. The summed E-state index contributed by atoms with van der Waals surface area (Å²) >= 11 is 5.83. The van der Waals surface area contributed by atoms with Crippen LogP contribution in [0.1, 0.15) is 5.56 Å². The Morgan fingerprint density at radius 3 is 2.43 bits per heavy atom. The number of benzene rings is 2. The van der Waals surface area contributed by atoms with Gasteiger partial charge in [-0.1, -0.05) is 35.9 Å². The summed E-state index contributed by atoms with van der Waals surface area (Å²) in [5, 5.41) is 2.81. The summed E-state index contributed by atoms with van der Waals surface area (Å²) in [4.78, 5) is 0. The Labute approximate surface area is 123 Å². The number of ether oxygens (including phenoxy) is 1.